The Morgan fingerprint density at radius 3 is 2.14 bits per heavy atom. The summed E-state index contributed by atoms with van der Waals surface area (Å²) in [6, 6.07) is 24.3. The summed E-state index contributed by atoms with van der Waals surface area (Å²) in [4.78, 5) is 34.1. The maximum absolute atomic E-state index is 12.7. The summed E-state index contributed by atoms with van der Waals surface area (Å²) in [5.74, 6) is -3.91. The van der Waals surface area contributed by atoms with Gasteiger partial charge in [0.15, 0.2) is 0 Å². The number of nitrogens with zero attached hydrogens (tertiary/aromatic N) is 1. The molecule has 0 unspecified atom stereocenters. The molecule has 1 amide bonds. The van der Waals surface area contributed by atoms with Crippen LogP contribution in [-0.4, -0.2) is 47.1 Å². The number of carbonyl (C=O) groups excluding carboxylic acids is 2. The number of carboxylic acid groups (broad SMARTS) is 2. The van der Waals surface area contributed by atoms with Crippen molar-refractivity contribution < 1.29 is 43.1 Å². The first-order valence-corrected chi connectivity index (χ1v) is 11.2. The summed E-state index contributed by atoms with van der Waals surface area (Å²) in [5, 5.41) is 22.4. The standard InChI is InChI=1S/C24H26N2O3.C2HF3O2/c27-23(26(16-14-24(28)29)18-19-7-2-1-3-8-19)13-15-25-17-21-11-6-10-20-9-4-5-12-22(20)21;3-2(4,5)1(6)7/h1-12,25H,13-18H2,(H,28,29);(H,6,7). The summed E-state index contributed by atoms with van der Waals surface area (Å²) >= 11 is 0. The smallest absolute Gasteiger partial charge is 0.430 e. The third-order valence-corrected chi connectivity index (χ3v) is 5.20. The molecule has 3 aromatic rings. The number of rotatable bonds is 10. The summed E-state index contributed by atoms with van der Waals surface area (Å²) in [6.45, 7) is 2.14. The Kier molecular flexibility index (Phi) is 10.9. The van der Waals surface area contributed by atoms with E-state index in [0.717, 1.165) is 12.1 Å². The fraction of sp³-hybridized carbons (Fsp3) is 0.269. The number of carboxylic acids is 2. The van der Waals surface area contributed by atoms with Gasteiger partial charge in [0.2, 0.25) is 5.91 Å². The molecule has 0 saturated heterocycles. The zero-order chi connectivity index (χ0) is 26.6. The zero-order valence-corrected chi connectivity index (χ0v) is 19.4. The Bertz CT molecular complexity index is 1150. The van der Waals surface area contributed by atoms with E-state index in [-0.39, 0.29) is 18.9 Å². The highest BCUT2D eigenvalue weighted by molar-refractivity contribution is 5.85. The van der Waals surface area contributed by atoms with Crippen LogP contribution in [0.4, 0.5) is 13.2 Å². The molecule has 3 N–H and O–H groups in total. The molecule has 3 aromatic carbocycles. The molecule has 0 atom stereocenters. The highest BCUT2D eigenvalue weighted by Crippen LogP contribution is 2.17. The van der Waals surface area contributed by atoms with Crippen LogP contribution in [0.1, 0.15) is 24.0 Å². The lowest BCUT2D eigenvalue weighted by atomic mass is 10.0. The van der Waals surface area contributed by atoms with Crippen LogP contribution in [0, 0.1) is 0 Å². The van der Waals surface area contributed by atoms with Crippen LogP contribution in [0.2, 0.25) is 0 Å². The molecule has 7 nitrogen and oxygen atoms in total. The molecule has 0 aliphatic heterocycles. The van der Waals surface area contributed by atoms with Crippen LogP contribution in [0.3, 0.4) is 0 Å². The number of benzene rings is 3. The monoisotopic (exact) mass is 504 g/mol. The predicted octanol–water partition coefficient (Wildman–Crippen LogP) is 2.10. The summed E-state index contributed by atoms with van der Waals surface area (Å²) in [7, 11) is 0. The van der Waals surface area contributed by atoms with Gasteiger partial charge in [0.1, 0.15) is 12.5 Å². The number of halogens is 3. The fourth-order valence-electron chi connectivity index (χ4n) is 3.44. The van der Waals surface area contributed by atoms with Gasteiger partial charge in [0.05, 0.1) is 19.4 Å². The van der Waals surface area contributed by atoms with Crippen LogP contribution in [0.15, 0.2) is 72.8 Å². The molecule has 36 heavy (non-hydrogen) atoms. The van der Waals surface area contributed by atoms with Gasteiger partial charge in [0.25, 0.3) is 0 Å². The first-order valence-electron chi connectivity index (χ1n) is 11.2. The Balaban J connectivity index is 0.000000572. The minimum Gasteiger partial charge on any atom is -0.542 e. The molecule has 0 spiro atoms. The molecule has 0 aromatic heterocycles. The zero-order valence-electron chi connectivity index (χ0n) is 19.4. The van der Waals surface area contributed by atoms with Gasteiger partial charge in [-0.1, -0.05) is 72.8 Å². The molecule has 0 radical (unpaired) electrons. The minimum absolute atomic E-state index is 0.00993. The van der Waals surface area contributed by atoms with E-state index < -0.39 is 18.1 Å². The average Bonchev–Trinajstić information content (AvgIpc) is 2.84. The van der Waals surface area contributed by atoms with Crippen molar-refractivity contribution in [2.75, 3.05) is 13.1 Å². The Morgan fingerprint density at radius 2 is 1.50 bits per heavy atom. The van der Waals surface area contributed by atoms with E-state index in [1.54, 1.807) is 4.90 Å². The first kappa shape index (κ1) is 28.3. The third kappa shape index (κ3) is 9.75. The van der Waals surface area contributed by atoms with Crippen LogP contribution in [0.25, 0.3) is 10.8 Å². The third-order valence-electron chi connectivity index (χ3n) is 5.20. The molecule has 0 fully saturated rings. The molecule has 0 aliphatic carbocycles. The van der Waals surface area contributed by atoms with Crippen LogP contribution >= 0.6 is 0 Å². The summed E-state index contributed by atoms with van der Waals surface area (Å²) in [5.41, 5.74) is 2.26. The first-order chi connectivity index (χ1) is 17.1. The van der Waals surface area contributed by atoms with Gasteiger partial charge in [-0.25, -0.2) is 0 Å². The van der Waals surface area contributed by atoms with E-state index in [1.807, 2.05) is 42.5 Å². The van der Waals surface area contributed by atoms with Gasteiger partial charge >= 0.3 is 12.1 Å². The maximum Gasteiger partial charge on any atom is 0.430 e. The Hall–Kier alpha value is -3.92. The van der Waals surface area contributed by atoms with Gasteiger partial charge in [-0.15, -0.1) is 0 Å². The van der Waals surface area contributed by atoms with E-state index in [2.05, 4.69) is 35.6 Å². The van der Waals surface area contributed by atoms with Crippen molar-refractivity contribution in [3.8, 4) is 0 Å². The quantitative estimate of drug-likeness (QED) is 0.411. The lowest BCUT2D eigenvalue weighted by Gasteiger charge is -2.22. The van der Waals surface area contributed by atoms with Crippen molar-refractivity contribution in [2.24, 2.45) is 0 Å². The second-order valence-corrected chi connectivity index (χ2v) is 7.90. The van der Waals surface area contributed by atoms with Crippen molar-refractivity contribution in [1.29, 1.82) is 0 Å². The Labute approximate surface area is 206 Å². The number of hydrogen-bond donors (Lipinski definition) is 2. The average molecular weight is 505 g/mol. The second kappa shape index (κ2) is 13.8. The lowest BCUT2D eigenvalue weighted by Crippen LogP contribution is -2.83. The van der Waals surface area contributed by atoms with Crippen molar-refractivity contribution in [2.45, 2.75) is 32.1 Å². The molecule has 10 heteroatoms. The largest absolute Gasteiger partial charge is 0.542 e. The number of amides is 1. The SMILES string of the molecule is O=C(O)CCN(Cc1ccccc1)C(=O)CC[NH2+]Cc1cccc2ccccc12.O=C([O-])C(F)(F)F. The van der Waals surface area contributed by atoms with Crippen molar-refractivity contribution in [3.05, 3.63) is 83.9 Å². The van der Waals surface area contributed by atoms with E-state index >= 15 is 0 Å². The summed E-state index contributed by atoms with van der Waals surface area (Å²) < 4.78 is 31.5. The van der Waals surface area contributed by atoms with Crippen LogP contribution in [-0.2, 0) is 27.5 Å². The van der Waals surface area contributed by atoms with Gasteiger partial charge in [-0.2, -0.15) is 13.2 Å². The van der Waals surface area contributed by atoms with Crippen LogP contribution in [0.5, 0.6) is 0 Å². The molecule has 3 rings (SSSR count). The van der Waals surface area contributed by atoms with E-state index in [9.17, 15) is 22.8 Å². The number of nitrogens with two attached hydrogens (primary N) is 1. The number of aliphatic carboxylic acids is 2. The second-order valence-electron chi connectivity index (χ2n) is 7.90. The molecule has 0 bridgehead atoms. The lowest BCUT2D eigenvalue weighted by molar-refractivity contribution is -0.669. The fourth-order valence-corrected chi connectivity index (χ4v) is 3.44. The molecule has 0 heterocycles. The number of carbonyl (C=O) groups is 3. The van der Waals surface area contributed by atoms with Gasteiger partial charge in [0, 0.05) is 18.7 Å². The number of fused-ring (bicyclic) bond motifs is 1. The molecule has 192 valence electrons. The molecule has 0 saturated carbocycles. The maximum atomic E-state index is 12.7. The van der Waals surface area contributed by atoms with Crippen molar-refractivity contribution in [3.63, 3.8) is 0 Å². The van der Waals surface area contributed by atoms with Crippen molar-refractivity contribution in [1.82, 2.24) is 4.90 Å². The van der Waals surface area contributed by atoms with E-state index in [1.165, 1.54) is 16.3 Å². The van der Waals surface area contributed by atoms with Gasteiger partial charge in [-0.05, 0) is 16.3 Å². The van der Waals surface area contributed by atoms with E-state index in [0.29, 0.717) is 19.5 Å². The minimum atomic E-state index is -5.19. The predicted molar refractivity (Wildman–Crippen MR) is 124 cm³/mol. The number of alkyl halides is 3. The number of quaternary nitrogens is 1. The molecular formula is C26H27F3N2O5. The Morgan fingerprint density at radius 1 is 0.889 bits per heavy atom. The van der Waals surface area contributed by atoms with Gasteiger partial charge < -0.3 is 25.2 Å². The van der Waals surface area contributed by atoms with Gasteiger partial charge in [-0.3, -0.25) is 9.59 Å². The summed E-state index contributed by atoms with van der Waals surface area (Å²) in [6.07, 6.45) is -4.85. The molecule has 0 aliphatic rings. The topological polar surface area (TPSA) is 114 Å². The molecular weight excluding hydrogens is 477 g/mol. The normalized spacial score (nSPS) is 10.9. The highest BCUT2D eigenvalue weighted by atomic mass is 19.4. The number of hydrogen-bond acceptors (Lipinski definition) is 4. The van der Waals surface area contributed by atoms with E-state index in [4.69, 9.17) is 15.0 Å². The highest BCUT2D eigenvalue weighted by Gasteiger charge is 2.28. The van der Waals surface area contributed by atoms with Crippen molar-refractivity contribution >= 4 is 28.6 Å². The van der Waals surface area contributed by atoms with Crippen LogP contribution < -0.4 is 10.4 Å².